The second-order valence-electron chi connectivity index (χ2n) is 8.81. The van der Waals surface area contributed by atoms with Crippen LogP contribution in [0.2, 0.25) is 0 Å². The number of methoxy groups -OCH3 is 1. The third-order valence-electron chi connectivity index (χ3n) is 6.58. The molecule has 35 heavy (non-hydrogen) atoms. The highest BCUT2D eigenvalue weighted by Gasteiger charge is 2.37. The fourth-order valence-electron chi connectivity index (χ4n) is 4.66. The molecule has 0 radical (unpaired) electrons. The molecule has 2 fully saturated rings. The van der Waals surface area contributed by atoms with Crippen LogP contribution in [0.4, 0.5) is 4.79 Å². The molecule has 3 amide bonds. The number of rotatable bonds is 5. The molecule has 8 nitrogen and oxygen atoms in total. The van der Waals surface area contributed by atoms with Crippen LogP contribution in [0.1, 0.15) is 52.1 Å². The van der Waals surface area contributed by atoms with E-state index < -0.39 is 17.1 Å². The predicted octanol–water partition coefficient (Wildman–Crippen LogP) is 4.24. The molecule has 0 saturated carbocycles. The highest BCUT2D eigenvalue weighted by molar-refractivity contribution is 8.18. The zero-order chi connectivity index (χ0) is 25.3. The first kappa shape index (κ1) is 24.8. The second-order valence-corrected chi connectivity index (χ2v) is 9.81. The topological polar surface area (TPSA) is 88.9 Å². The van der Waals surface area contributed by atoms with Gasteiger partial charge in [-0.15, -0.1) is 0 Å². The van der Waals surface area contributed by atoms with Crippen LogP contribution >= 0.6 is 11.8 Å². The van der Waals surface area contributed by atoms with Crippen LogP contribution in [0.5, 0.6) is 0 Å². The number of carbonyl (C=O) groups excluding carboxylic acids is 4. The second kappa shape index (κ2) is 10.1. The standard InChI is InChI=1S/C26H29N3O5S/c1-16-13-19(18(3)29(16)21-10-8-9-20(17(21)2)25(32)34-4)14-22-24(31)28(26(33)35-22)15-23(30)27-11-6-5-7-12-27/h8-10,13-14H,5-7,11-12,15H2,1-4H3. The summed E-state index contributed by atoms with van der Waals surface area (Å²) in [5.41, 5.74) is 4.67. The van der Waals surface area contributed by atoms with Gasteiger partial charge >= 0.3 is 5.97 Å². The Labute approximate surface area is 208 Å². The van der Waals surface area contributed by atoms with Gasteiger partial charge in [0.1, 0.15) is 6.54 Å². The average molecular weight is 496 g/mol. The van der Waals surface area contributed by atoms with Crippen LogP contribution in [0, 0.1) is 20.8 Å². The van der Waals surface area contributed by atoms with Crippen LogP contribution in [0.25, 0.3) is 11.8 Å². The molecule has 1 aromatic heterocycles. The number of esters is 1. The van der Waals surface area contributed by atoms with E-state index in [9.17, 15) is 19.2 Å². The molecule has 2 aromatic rings. The minimum atomic E-state index is -0.445. The molecule has 0 aliphatic carbocycles. The Morgan fingerprint density at radius 2 is 1.80 bits per heavy atom. The molecular formula is C26H29N3O5S. The minimum absolute atomic E-state index is 0.188. The van der Waals surface area contributed by atoms with Gasteiger partial charge in [-0.2, -0.15) is 0 Å². The zero-order valence-electron chi connectivity index (χ0n) is 20.4. The zero-order valence-corrected chi connectivity index (χ0v) is 21.2. The van der Waals surface area contributed by atoms with E-state index in [-0.39, 0.29) is 12.5 Å². The van der Waals surface area contributed by atoms with Crippen LogP contribution in [0.15, 0.2) is 29.2 Å². The molecule has 4 rings (SSSR count). The van der Waals surface area contributed by atoms with Gasteiger partial charge in [0, 0.05) is 30.2 Å². The van der Waals surface area contributed by atoms with Gasteiger partial charge in [-0.3, -0.25) is 19.3 Å². The van der Waals surface area contributed by atoms with Crippen molar-refractivity contribution in [3.05, 3.63) is 57.2 Å². The largest absolute Gasteiger partial charge is 0.465 e. The van der Waals surface area contributed by atoms with Gasteiger partial charge in [0.2, 0.25) is 5.91 Å². The highest BCUT2D eigenvalue weighted by atomic mass is 32.2. The SMILES string of the molecule is COC(=O)c1cccc(-n2c(C)cc(C=C3SC(=O)N(CC(=O)N4CCCCC4)C3=O)c2C)c1C. The number of carbonyl (C=O) groups is 4. The number of nitrogens with zero attached hydrogens (tertiary/aromatic N) is 3. The summed E-state index contributed by atoms with van der Waals surface area (Å²) in [6.07, 6.45) is 4.70. The Hall–Kier alpha value is -3.33. The molecule has 9 heteroatoms. The van der Waals surface area contributed by atoms with Gasteiger partial charge in [-0.25, -0.2) is 4.79 Å². The first-order valence-electron chi connectivity index (χ1n) is 11.6. The van der Waals surface area contributed by atoms with Gasteiger partial charge in [0.25, 0.3) is 11.1 Å². The molecule has 2 aliphatic heterocycles. The van der Waals surface area contributed by atoms with Gasteiger partial charge in [-0.05, 0) is 87.2 Å². The Bertz CT molecular complexity index is 1240. The number of amides is 3. The van der Waals surface area contributed by atoms with Crippen molar-refractivity contribution in [2.45, 2.75) is 40.0 Å². The molecule has 2 aliphatic rings. The van der Waals surface area contributed by atoms with Gasteiger partial charge in [-0.1, -0.05) is 6.07 Å². The van der Waals surface area contributed by atoms with E-state index in [4.69, 9.17) is 4.74 Å². The third kappa shape index (κ3) is 4.77. The molecular weight excluding hydrogens is 466 g/mol. The first-order valence-corrected chi connectivity index (χ1v) is 12.4. The van der Waals surface area contributed by atoms with E-state index in [1.807, 2.05) is 37.5 Å². The number of likely N-dealkylation sites (tertiary alicyclic amines) is 1. The maximum absolute atomic E-state index is 13.0. The lowest BCUT2D eigenvalue weighted by molar-refractivity contribution is -0.136. The maximum Gasteiger partial charge on any atom is 0.338 e. The summed E-state index contributed by atoms with van der Waals surface area (Å²) in [6.45, 7) is 6.86. The van der Waals surface area contributed by atoms with E-state index >= 15 is 0 Å². The van der Waals surface area contributed by atoms with Crippen LogP contribution in [-0.4, -0.2) is 64.1 Å². The number of ether oxygens (including phenoxy) is 1. The van der Waals surface area contributed by atoms with E-state index in [1.54, 1.807) is 23.1 Å². The summed E-state index contributed by atoms with van der Waals surface area (Å²) in [4.78, 5) is 53.4. The van der Waals surface area contributed by atoms with Gasteiger partial charge in [0.05, 0.1) is 17.6 Å². The Morgan fingerprint density at radius 3 is 2.49 bits per heavy atom. The number of piperidine rings is 1. The lowest BCUT2D eigenvalue weighted by atomic mass is 10.1. The molecule has 2 saturated heterocycles. The van der Waals surface area contributed by atoms with Crippen molar-refractivity contribution >= 4 is 40.9 Å². The summed E-state index contributed by atoms with van der Waals surface area (Å²) in [7, 11) is 1.35. The van der Waals surface area contributed by atoms with Crippen molar-refractivity contribution in [2.24, 2.45) is 0 Å². The molecule has 184 valence electrons. The molecule has 0 spiro atoms. The summed E-state index contributed by atoms with van der Waals surface area (Å²) >= 11 is 0.855. The molecule has 0 N–H and O–H groups in total. The summed E-state index contributed by atoms with van der Waals surface area (Å²) in [6, 6.07) is 7.39. The van der Waals surface area contributed by atoms with Crippen LogP contribution in [0.3, 0.4) is 0 Å². The number of thioether (sulfide) groups is 1. The maximum atomic E-state index is 13.0. The Morgan fingerprint density at radius 1 is 1.09 bits per heavy atom. The van der Waals surface area contributed by atoms with E-state index in [0.29, 0.717) is 23.6 Å². The quantitative estimate of drug-likeness (QED) is 0.455. The molecule has 1 aromatic carbocycles. The fourth-order valence-corrected chi connectivity index (χ4v) is 5.49. The minimum Gasteiger partial charge on any atom is -0.465 e. The van der Waals surface area contributed by atoms with Gasteiger partial charge in [0.15, 0.2) is 0 Å². The fraction of sp³-hybridized carbons (Fsp3) is 0.385. The lowest BCUT2D eigenvalue weighted by Crippen LogP contribution is -2.44. The molecule has 0 unspecified atom stereocenters. The first-order chi connectivity index (χ1) is 16.7. The molecule has 3 heterocycles. The third-order valence-corrected chi connectivity index (χ3v) is 7.49. The summed E-state index contributed by atoms with van der Waals surface area (Å²) in [5.74, 6) is -1.04. The Kier molecular flexibility index (Phi) is 7.16. The predicted molar refractivity (Wildman–Crippen MR) is 134 cm³/mol. The normalized spacial score (nSPS) is 17.4. The van der Waals surface area contributed by atoms with Crippen molar-refractivity contribution in [2.75, 3.05) is 26.7 Å². The van der Waals surface area contributed by atoms with E-state index in [2.05, 4.69) is 0 Å². The molecule has 0 bridgehead atoms. The highest BCUT2D eigenvalue weighted by Crippen LogP contribution is 2.34. The smallest absolute Gasteiger partial charge is 0.338 e. The Balaban J connectivity index is 1.60. The monoisotopic (exact) mass is 495 g/mol. The van der Waals surface area contributed by atoms with E-state index in [1.165, 1.54) is 7.11 Å². The number of hydrogen-bond donors (Lipinski definition) is 0. The van der Waals surface area contributed by atoms with Crippen molar-refractivity contribution in [3.63, 3.8) is 0 Å². The number of imide groups is 1. The van der Waals surface area contributed by atoms with Crippen LogP contribution in [-0.2, 0) is 14.3 Å². The number of hydrogen-bond acceptors (Lipinski definition) is 6. The van der Waals surface area contributed by atoms with Crippen molar-refractivity contribution in [1.82, 2.24) is 14.4 Å². The number of benzene rings is 1. The number of aryl methyl sites for hydroxylation is 1. The number of aromatic nitrogens is 1. The average Bonchev–Trinajstić information content (AvgIpc) is 3.28. The van der Waals surface area contributed by atoms with Crippen molar-refractivity contribution < 1.29 is 23.9 Å². The van der Waals surface area contributed by atoms with Crippen molar-refractivity contribution in [3.8, 4) is 5.69 Å². The summed E-state index contributed by atoms with van der Waals surface area (Å²) < 4.78 is 6.91. The van der Waals surface area contributed by atoms with Crippen LogP contribution < -0.4 is 0 Å². The van der Waals surface area contributed by atoms with Gasteiger partial charge < -0.3 is 14.2 Å². The van der Waals surface area contributed by atoms with Crippen molar-refractivity contribution in [1.29, 1.82) is 0 Å². The lowest BCUT2D eigenvalue weighted by Gasteiger charge is -2.27. The van der Waals surface area contributed by atoms with E-state index in [0.717, 1.165) is 64.1 Å². The molecule has 0 atom stereocenters. The summed E-state index contributed by atoms with van der Waals surface area (Å²) in [5, 5.41) is -0.429.